The van der Waals surface area contributed by atoms with Crippen LogP contribution in [0, 0.1) is 11.3 Å². The van der Waals surface area contributed by atoms with E-state index in [0.717, 1.165) is 17.6 Å². The maximum atomic E-state index is 11.1. The van der Waals surface area contributed by atoms with Crippen molar-refractivity contribution in [3.8, 4) is 6.07 Å². The Labute approximate surface area is 145 Å². The number of nitrogens with one attached hydrogen (secondary N) is 1. The minimum Gasteiger partial charge on any atom is -0.478 e. The first-order valence-electron chi connectivity index (χ1n) is 7.85. The molecule has 25 heavy (non-hydrogen) atoms. The lowest BCUT2D eigenvalue weighted by Crippen LogP contribution is -2.19. The number of hydrogen-bond acceptors (Lipinski definition) is 4. The Kier molecular flexibility index (Phi) is 4.53. The normalized spacial score (nSPS) is 16.0. The highest BCUT2D eigenvalue weighted by molar-refractivity contribution is 5.90. The lowest BCUT2D eigenvalue weighted by molar-refractivity contribution is 0.0697. The number of aromatic carboxylic acids is 1. The molecular formula is C20H17N3O2. The molecule has 1 aliphatic carbocycles. The van der Waals surface area contributed by atoms with Gasteiger partial charge in [0.05, 0.1) is 28.6 Å². The van der Waals surface area contributed by atoms with Crippen LogP contribution in [0.2, 0.25) is 0 Å². The fourth-order valence-electron chi connectivity index (χ4n) is 2.69. The Morgan fingerprint density at radius 1 is 1.24 bits per heavy atom. The lowest BCUT2D eigenvalue weighted by atomic mass is 9.96. The minimum absolute atomic E-state index is 0.0356. The van der Waals surface area contributed by atoms with Crippen LogP contribution in [0.5, 0.6) is 0 Å². The van der Waals surface area contributed by atoms with Crippen LogP contribution < -0.4 is 11.1 Å². The van der Waals surface area contributed by atoms with Gasteiger partial charge in [-0.3, -0.25) is 0 Å². The van der Waals surface area contributed by atoms with Crippen LogP contribution >= 0.6 is 0 Å². The molecule has 0 saturated carbocycles. The van der Waals surface area contributed by atoms with Gasteiger partial charge in [-0.1, -0.05) is 30.4 Å². The van der Waals surface area contributed by atoms with Crippen molar-refractivity contribution in [2.24, 2.45) is 0 Å². The van der Waals surface area contributed by atoms with Crippen LogP contribution in [0.3, 0.4) is 0 Å². The summed E-state index contributed by atoms with van der Waals surface area (Å²) in [4.78, 5) is 11.1. The number of carbonyl (C=O) groups is 1. The Bertz CT molecular complexity index is 906. The van der Waals surface area contributed by atoms with Crippen molar-refractivity contribution in [3.05, 3.63) is 77.4 Å². The number of nitrogens with zero attached hydrogens (tertiary/aromatic N) is 1. The van der Waals surface area contributed by atoms with Crippen LogP contribution in [-0.4, -0.2) is 17.1 Å². The SMILES string of the molecule is N#Cc1ccc(C2=CCC(Nc3cc(C(=O)O)ccc3N)C=C2)cc1. The predicted octanol–water partition coefficient (Wildman–Crippen LogP) is 3.66. The number of nitrogen functional groups attached to an aromatic ring is 1. The van der Waals surface area contributed by atoms with Gasteiger partial charge in [0.25, 0.3) is 0 Å². The topological polar surface area (TPSA) is 99.1 Å². The molecule has 1 aliphatic rings. The summed E-state index contributed by atoms with van der Waals surface area (Å²) in [5.41, 5.74) is 10.0. The highest BCUT2D eigenvalue weighted by Crippen LogP contribution is 2.26. The molecule has 1 unspecified atom stereocenters. The zero-order valence-electron chi connectivity index (χ0n) is 13.4. The highest BCUT2D eigenvalue weighted by Gasteiger charge is 2.13. The van der Waals surface area contributed by atoms with Gasteiger partial charge in [-0.25, -0.2) is 4.79 Å². The second-order valence-corrected chi connectivity index (χ2v) is 5.80. The van der Waals surface area contributed by atoms with Gasteiger partial charge in [0, 0.05) is 6.04 Å². The van der Waals surface area contributed by atoms with Gasteiger partial charge in [-0.05, 0) is 47.9 Å². The van der Waals surface area contributed by atoms with Crippen molar-refractivity contribution in [3.63, 3.8) is 0 Å². The quantitative estimate of drug-likeness (QED) is 0.743. The molecule has 0 fully saturated rings. The Morgan fingerprint density at radius 3 is 2.60 bits per heavy atom. The first-order valence-corrected chi connectivity index (χ1v) is 7.85. The van der Waals surface area contributed by atoms with E-state index in [1.165, 1.54) is 6.07 Å². The lowest BCUT2D eigenvalue weighted by Gasteiger charge is -2.20. The largest absolute Gasteiger partial charge is 0.478 e. The maximum absolute atomic E-state index is 11.1. The van der Waals surface area contributed by atoms with Crippen molar-refractivity contribution in [2.75, 3.05) is 11.1 Å². The molecule has 0 heterocycles. The van der Waals surface area contributed by atoms with E-state index in [9.17, 15) is 4.79 Å². The highest BCUT2D eigenvalue weighted by atomic mass is 16.4. The standard InChI is InChI=1S/C20H17N3O2/c21-12-13-1-3-14(4-2-13)15-5-8-17(9-6-15)23-19-11-16(20(24)25)7-10-18(19)22/h1-8,10-11,17,23H,9,22H2,(H,24,25). The number of anilines is 2. The smallest absolute Gasteiger partial charge is 0.335 e. The molecule has 0 spiro atoms. The van der Waals surface area contributed by atoms with Gasteiger partial charge in [-0.2, -0.15) is 5.26 Å². The van der Waals surface area contributed by atoms with E-state index in [-0.39, 0.29) is 11.6 Å². The second-order valence-electron chi connectivity index (χ2n) is 5.80. The summed E-state index contributed by atoms with van der Waals surface area (Å²) in [6.07, 6.45) is 6.90. The zero-order chi connectivity index (χ0) is 17.8. The summed E-state index contributed by atoms with van der Waals surface area (Å²) in [6, 6.07) is 14.2. The first-order chi connectivity index (χ1) is 12.1. The van der Waals surface area contributed by atoms with E-state index in [1.54, 1.807) is 24.3 Å². The number of carboxylic acids is 1. The summed E-state index contributed by atoms with van der Waals surface area (Å²) in [6.45, 7) is 0. The number of carboxylic acid groups (broad SMARTS) is 1. The summed E-state index contributed by atoms with van der Waals surface area (Å²) in [5.74, 6) is -0.981. The third-order valence-corrected chi connectivity index (χ3v) is 4.09. The number of nitrogens with two attached hydrogens (primary N) is 1. The molecule has 0 saturated heterocycles. The van der Waals surface area contributed by atoms with Gasteiger partial charge in [-0.15, -0.1) is 0 Å². The average molecular weight is 331 g/mol. The monoisotopic (exact) mass is 331 g/mol. The predicted molar refractivity (Wildman–Crippen MR) is 98.1 cm³/mol. The fraction of sp³-hybridized carbons (Fsp3) is 0.100. The molecule has 124 valence electrons. The van der Waals surface area contributed by atoms with E-state index < -0.39 is 5.97 Å². The summed E-state index contributed by atoms with van der Waals surface area (Å²) < 4.78 is 0. The van der Waals surface area contributed by atoms with Gasteiger partial charge < -0.3 is 16.2 Å². The third-order valence-electron chi connectivity index (χ3n) is 4.09. The van der Waals surface area contributed by atoms with Gasteiger partial charge in [0.2, 0.25) is 0 Å². The molecule has 5 nitrogen and oxygen atoms in total. The molecule has 0 aliphatic heterocycles. The van der Waals surface area contributed by atoms with Crippen LogP contribution in [0.4, 0.5) is 11.4 Å². The molecule has 1 atom stereocenters. The number of rotatable bonds is 4. The van der Waals surface area contributed by atoms with Crippen molar-refractivity contribution < 1.29 is 9.90 Å². The zero-order valence-corrected chi connectivity index (χ0v) is 13.4. The molecule has 0 aromatic heterocycles. The summed E-state index contributed by atoms with van der Waals surface area (Å²) in [5, 5.41) is 21.2. The first kappa shape index (κ1) is 16.3. The summed E-state index contributed by atoms with van der Waals surface area (Å²) >= 11 is 0. The molecule has 2 aromatic rings. The van der Waals surface area contributed by atoms with Crippen molar-refractivity contribution in [1.82, 2.24) is 0 Å². The molecular weight excluding hydrogens is 314 g/mol. The molecule has 0 bridgehead atoms. The molecule has 3 rings (SSSR count). The van der Waals surface area contributed by atoms with Gasteiger partial charge in [0.1, 0.15) is 0 Å². The number of benzene rings is 2. The van der Waals surface area contributed by atoms with Crippen molar-refractivity contribution >= 4 is 22.9 Å². The molecule has 5 heteroatoms. The second kappa shape index (κ2) is 6.93. The van der Waals surface area contributed by atoms with Crippen molar-refractivity contribution in [2.45, 2.75) is 12.5 Å². The Balaban J connectivity index is 1.71. The van der Waals surface area contributed by atoms with E-state index >= 15 is 0 Å². The van der Waals surface area contributed by atoms with Crippen LogP contribution in [-0.2, 0) is 0 Å². The minimum atomic E-state index is -0.981. The van der Waals surface area contributed by atoms with E-state index in [1.807, 2.05) is 24.3 Å². The van der Waals surface area contributed by atoms with Gasteiger partial charge >= 0.3 is 5.97 Å². The Morgan fingerprint density at radius 2 is 2.00 bits per heavy atom. The average Bonchev–Trinajstić information content (AvgIpc) is 2.64. The fourth-order valence-corrected chi connectivity index (χ4v) is 2.69. The molecule has 2 aromatic carbocycles. The van der Waals surface area contributed by atoms with E-state index in [4.69, 9.17) is 16.1 Å². The molecule has 4 N–H and O–H groups in total. The number of nitriles is 1. The number of hydrogen-bond donors (Lipinski definition) is 3. The Hall–Kier alpha value is -3.52. The van der Waals surface area contributed by atoms with Crippen LogP contribution in [0.1, 0.15) is 27.9 Å². The van der Waals surface area contributed by atoms with Crippen LogP contribution in [0.25, 0.3) is 5.57 Å². The van der Waals surface area contributed by atoms with E-state index in [2.05, 4.69) is 17.5 Å². The van der Waals surface area contributed by atoms with Crippen molar-refractivity contribution in [1.29, 1.82) is 5.26 Å². The van der Waals surface area contributed by atoms with Crippen LogP contribution in [0.15, 0.2) is 60.7 Å². The third kappa shape index (κ3) is 3.70. The maximum Gasteiger partial charge on any atom is 0.335 e. The molecule has 0 amide bonds. The summed E-state index contributed by atoms with van der Waals surface area (Å²) in [7, 11) is 0. The molecule has 0 radical (unpaired) electrons. The number of allylic oxidation sites excluding steroid dienone is 2. The van der Waals surface area contributed by atoms with Gasteiger partial charge in [0.15, 0.2) is 0 Å². The van der Waals surface area contributed by atoms with E-state index in [0.29, 0.717) is 16.9 Å².